The SMILES string of the molecule is C=C(C)Cn1c(NN=CC(Br)=Cc2ccccc2)nc2c1c(=O)[nH]c(=O)n2C. The fourth-order valence-corrected chi connectivity index (χ4v) is 3.01. The Labute approximate surface area is 169 Å². The first-order chi connectivity index (χ1) is 13.4. The third kappa shape index (κ3) is 4.20. The van der Waals surface area contributed by atoms with Crippen molar-refractivity contribution >= 4 is 45.3 Å². The Hall–Kier alpha value is -3.20. The number of benzene rings is 1. The van der Waals surface area contributed by atoms with Gasteiger partial charge in [-0.25, -0.2) is 10.2 Å². The van der Waals surface area contributed by atoms with Gasteiger partial charge in [0.25, 0.3) is 5.56 Å². The lowest BCUT2D eigenvalue weighted by Crippen LogP contribution is -2.29. The fourth-order valence-electron chi connectivity index (χ4n) is 2.64. The number of hydrazone groups is 1. The van der Waals surface area contributed by atoms with Crippen LogP contribution in [0.2, 0.25) is 0 Å². The van der Waals surface area contributed by atoms with E-state index in [0.29, 0.717) is 12.5 Å². The van der Waals surface area contributed by atoms with E-state index >= 15 is 0 Å². The lowest BCUT2D eigenvalue weighted by Gasteiger charge is -2.07. The number of rotatable bonds is 6. The molecule has 0 aliphatic heterocycles. The first-order valence-corrected chi connectivity index (χ1v) is 9.21. The molecule has 3 rings (SSSR count). The Bertz CT molecular complexity index is 1200. The van der Waals surface area contributed by atoms with Crippen molar-refractivity contribution in [2.75, 3.05) is 5.43 Å². The molecule has 0 aliphatic carbocycles. The van der Waals surface area contributed by atoms with Gasteiger partial charge in [0.2, 0.25) is 5.95 Å². The van der Waals surface area contributed by atoms with Crippen molar-refractivity contribution in [3.8, 4) is 0 Å². The summed E-state index contributed by atoms with van der Waals surface area (Å²) in [6, 6.07) is 9.79. The van der Waals surface area contributed by atoms with Crippen molar-refractivity contribution in [2.45, 2.75) is 13.5 Å². The molecule has 0 radical (unpaired) electrons. The van der Waals surface area contributed by atoms with Gasteiger partial charge in [0.15, 0.2) is 11.2 Å². The average Bonchev–Trinajstić information content (AvgIpc) is 2.99. The standard InChI is InChI=1S/C19H19BrN6O2/c1-12(2)11-26-15-16(25(3)19(28)23-17(15)27)22-18(26)24-21-10-14(20)9-13-7-5-4-6-8-13/h4-10H,1,11H2,2-3H3,(H,22,24)(H,23,27,28). The number of nitrogens with one attached hydrogen (secondary N) is 2. The predicted octanol–water partition coefficient (Wildman–Crippen LogP) is 2.83. The molecule has 0 saturated carbocycles. The van der Waals surface area contributed by atoms with Gasteiger partial charge in [0.1, 0.15) is 0 Å². The molecule has 0 unspecified atom stereocenters. The summed E-state index contributed by atoms with van der Waals surface area (Å²) < 4.78 is 3.67. The van der Waals surface area contributed by atoms with Crippen LogP contribution >= 0.6 is 15.9 Å². The quantitative estimate of drug-likeness (QED) is 0.348. The number of allylic oxidation sites excluding steroid dienone is 2. The maximum atomic E-state index is 12.3. The molecule has 0 amide bonds. The van der Waals surface area contributed by atoms with Crippen LogP contribution in [-0.4, -0.2) is 25.3 Å². The highest BCUT2D eigenvalue weighted by Gasteiger charge is 2.17. The van der Waals surface area contributed by atoms with Gasteiger partial charge in [-0.2, -0.15) is 10.1 Å². The summed E-state index contributed by atoms with van der Waals surface area (Å²) in [5, 5.41) is 4.18. The fraction of sp³-hybridized carbons (Fsp3) is 0.158. The van der Waals surface area contributed by atoms with Crippen molar-refractivity contribution in [3.63, 3.8) is 0 Å². The molecule has 0 atom stereocenters. The molecule has 0 bridgehead atoms. The number of fused-ring (bicyclic) bond motifs is 1. The summed E-state index contributed by atoms with van der Waals surface area (Å²) in [6.07, 6.45) is 3.50. The molecule has 9 heteroatoms. The largest absolute Gasteiger partial charge is 0.329 e. The van der Waals surface area contributed by atoms with E-state index in [4.69, 9.17) is 0 Å². The summed E-state index contributed by atoms with van der Waals surface area (Å²) in [5.74, 6) is 0.334. The third-order valence-corrected chi connectivity index (χ3v) is 4.33. The van der Waals surface area contributed by atoms with E-state index in [2.05, 4.69) is 43.0 Å². The highest BCUT2D eigenvalue weighted by molar-refractivity contribution is 9.12. The van der Waals surface area contributed by atoms with Crippen molar-refractivity contribution < 1.29 is 0 Å². The molecule has 28 heavy (non-hydrogen) atoms. The van der Waals surface area contributed by atoms with E-state index in [0.717, 1.165) is 15.6 Å². The molecule has 0 fully saturated rings. The maximum absolute atomic E-state index is 12.3. The minimum absolute atomic E-state index is 0.270. The molecule has 2 N–H and O–H groups in total. The number of imidazole rings is 1. The van der Waals surface area contributed by atoms with Crippen molar-refractivity contribution in [2.24, 2.45) is 12.1 Å². The average molecular weight is 443 g/mol. The van der Waals surface area contributed by atoms with Crippen LogP contribution in [0.4, 0.5) is 5.95 Å². The number of hydrogen-bond acceptors (Lipinski definition) is 5. The molecule has 2 heterocycles. The zero-order chi connectivity index (χ0) is 20.3. The number of H-pyrrole nitrogens is 1. The molecule has 0 saturated heterocycles. The van der Waals surface area contributed by atoms with E-state index in [-0.39, 0.29) is 11.2 Å². The van der Waals surface area contributed by atoms with Gasteiger partial charge < -0.3 is 0 Å². The van der Waals surface area contributed by atoms with Gasteiger partial charge in [-0.1, -0.05) is 42.5 Å². The smallest absolute Gasteiger partial charge is 0.299 e. The molecule has 144 valence electrons. The lowest BCUT2D eigenvalue weighted by molar-refractivity contribution is 0.800. The van der Waals surface area contributed by atoms with E-state index in [9.17, 15) is 9.59 Å². The first kappa shape index (κ1) is 19.6. The van der Waals surface area contributed by atoms with Crippen molar-refractivity contribution in [3.05, 3.63) is 73.4 Å². The molecular weight excluding hydrogens is 424 g/mol. The van der Waals surface area contributed by atoms with Crippen molar-refractivity contribution in [1.82, 2.24) is 19.1 Å². The highest BCUT2D eigenvalue weighted by atomic mass is 79.9. The predicted molar refractivity (Wildman–Crippen MR) is 116 cm³/mol. The number of hydrogen-bond donors (Lipinski definition) is 2. The van der Waals surface area contributed by atoms with Gasteiger partial charge in [-0.05, 0) is 34.5 Å². The van der Waals surface area contributed by atoms with Gasteiger partial charge in [0, 0.05) is 18.1 Å². The molecular formula is C19H19BrN6O2. The number of nitrogens with zero attached hydrogens (tertiary/aromatic N) is 4. The first-order valence-electron chi connectivity index (χ1n) is 8.42. The maximum Gasteiger partial charge on any atom is 0.329 e. The molecule has 1 aromatic carbocycles. The number of aromatic nitrogens is 4. The highest BCUT2D eigenvalue weighted by Crippen LogP contribution is 2.17. The van der Waals surface area contributed by atoms with Crippen LogP contribution < -0.4 is 16.7 Å². The van der Waals surface area contributed by atoms with Crippen molar-refractivity contribution in [1.29, 1.82) is 0 Å². The van der Waals surface area contributed by atoms with Gasteiger partial charge in [-0.3, -0.25) is 18.9 Å². The second kappa shape index (κ2) is 8.22. The van der Waals surface area contributed by atoms with E-state index in [1.807, 2.05) is 43.3 Å². The number of aromatic amines is 1. The molecule has 0 aliphatic rings. The Balaban J connectivity index is 1.96. The number of halogens is 1. The zero-order valence-electron chi connectivity index (χ0n) is 15.4. The topological polar surface area (TPSA) is 97.1 Å². The third-order valence-electron chi connectivity index (χ3n) is 3.89. The Kier molecular flexibility index (Phi) is 5.74. The lowest BCUT2D eigenvalue weighted by atomic mass is 10.2. The summed E-state index contributed by atoms with van der Waals surface area (Å²) in [7, 11) is 1.55. The minimum Gasteiger partial charge on any atom is -0.299 e. The number of anilines is 1. The normalized spacial score (nSPS) is 12.0. The minimum atomic E-state index is -0.527. The van der Waals surface area contributed by atoms with Crippen LogP contribution in [0.5, 0.6) is 0 Å². The molecule has 3 aromatic rings. The van der Waals surface area contributed by atoms with Crippen LogP contribution in [-0.2, 0) is 13.6 Å². The molecule has 0 spiro atoms. The van der Waals surface area contributed by atoms with Crippen LogP contribution in [0.25, 0.3) is 17.2 Å². The monoisotopic (exact) mass is 442 g/mol. The van der Waals surface area contributed by atoms with E-state index in [1.54, 1.807) is 17.8 Å². The van der Waals surface area contributed by atoms with Crippen LogP contribution in [0.1, 0.15) is 12.5 Å². The van der Waals surface area contributed by atoms with Gasteiger partial charge in [0.05, 0.1) is 6.21 Å². The van der Waals surface area contributed by atoms with E-state index in [1.165, 1.54) is 4.57 Å². The summed E-state index contributed by atoms with van der Waals surface area (Å²) >= 11 is 3.44. The van der Waals surface area contributed by atoms with Crippen LogP contribution in [0.3, 0.4) is 0 Å². The number of aryl methyl sites for hydroxylation is 1. The summed E-state index contributed by atoms with van der Waals surface area (Å²) in [4.78, 5) is 30.8. The van der Waals surface area contributed by atoms with Gasteiger partial charge >= 0.3 is 5.69 Å². The summed E-state index contributed by atoms with van der Waals surface area (Å²) in [5.41, 5.74) is 4.21. The van der Waals surface area contributed by atoms with Gasteiger partial charge in [-0.15, -0.1) is 0 Å². The Morgan fingerprint density at radius 1 is 1.36 bits per heavy atom. The summed E-state index contributed by atoms with van der Waals surface area (Å²) in [6.45, 7) is 6.09. The second-order valence-electron chi connectivity index (χ2n) is 6.28. The van der Waals surface area contributed by atoms with Crippen LogP contribution in [0, 0.1) is 0 Å². The zero-order valence-corrected chi connectivity index (χ0v) is 17.0. The Morgan fingerprint density at radius 2 is 2.07 bits per heavy atom. The molecule has 2 aromatic heterocycles. The van der Waals surface area contributed by atoms with Crippen LogP contribution in [0.15, 0.2) is 61.7 Å². The Morgan fingerprint density at radius 3 is 2.75 bits per heavy atom. The van der Waals surface area contributed by atoms with E-state index < -0.39 is 11.2 Å². The second-order valence-corrected chi connectivity index (χ2v) is 7.19. The molecule has 8 nitrogen and oxygen atoms in total.